The highest BCUT2D eigenvalue weighted by molar-refractivity contribution is 7.98. The molecule has 186 valence electrons. The average Bonchev–Trinajstić information content (AvgIpc) is 2.85. The van der Waals surface area contributed by atoms with Gasteiger partial charge in [-0.05, 0) is 67.9 Å². The Bertz CT molecular complexity index is 1200. The number of benzene rings is 3. The van der Waals surface area contributed by atoms with Crippen LogP contribution >= 0.6 is 11.8 Å². The molecule has 0 saturated carbocycles. The summed E-state index contributed by atoms with van der Waals surface area (Å²) in [7, 11) is -4.08. The number of thioether (sulfide) groups is 1. The van der Waals surface area contributed by atoms with Crippen LogP contribution in [0.25, 0.3) is 0 Å². The standard InChI is InChI=1S/C26H29FN2O4S2/c1-3-33-24-12-14-25(15-13-24)35(31,32)29(23-10-8-22(27)9-11-23)18-26(30)28-16-17-34-19-21-6-4-20(2)5-7-21/h4-15H,3,16-19H2,1-2H3,(H,28,30). The maximum atomic E-state index is 13.5. The third-order valence-electron chi connectivity index (χ3n) is 5.08. The van der Waals surface area contributed by atoms with Crippen LogP contribution in [-0.4, -0.2) is 39.8 Å². The molecule has 3 rings (SSSR count). The summed E-state index contributed by atoms with van der Waals surface area (Å²) in [5.41, 5.74) is 2.61. The van der Waals surface area contributed by atoms with Gasteiger partial charge in [0.2, 0.25) is 5.91 Å². The van der Waals surface area contributed by atoms with Gasteiger partial charge in [0.05, 0.1) is 17.2 Å². The number of carbonyl (C=O) groups is 1. The molecule has 35 heavy (non-hydrogen) atoms. The first-order valence-corrected chi connectivity index (χ1v) is 13.8. The Labute approximate surface area is 210 Å². The predicted molar refractivity (Wildman–Crippen MR) is 139 cm³/mol. The Hall–Kier alpha value is -3.04. The number of hydrogen-bond acceptors (Lipinski definition) is 5. The van der Waals surface area contributed by atoms with E-state index in [2.05, 4.69) is 29.6 Å². The molecule has 0 unspecified atom stereocenters. The topological polar surface area (TPSA) is 75.7 Å². The van der Waals surface area contributed by atoms with Gasteiger partial charge in [-0.15, -0.1) is 0 Å². The van der Waals surface area contributed by atoms with Gasteiger partial charge >= 0.3 is 0 Å². The SMILES string of the molecule is CCOc1ccc(S(=O)(=O)N(CC(=O)NCCSCc2ccc(C)cc2)c2ccc(F)cc2)cc1. The van der Waals surface area contributed by atoms with E-state index in [0.717, 1.165) is 22.2 Å². The number of carbonyl (C=O) groups excluding carboxylic acids is 1. The van der Waals surface area contributed by atoms with Gasteiger partial charge in [-0.1, -0.05) is 29.8 Å². The van der Waals surface area contributed by atoms with Crippen molar-refractivity contribution < 1.29 is 22.3 Å². The maximum Gasteiger partial charge on any atom is 0.264 e. The number of anilines is 1. The minimum Gasteiger partial charge on any atom is -0.494 e. The molecule has 3 aromatic rings. The van der Waals surface area contributed by atoms with E-state index in [1.165, 1.54) is 35.4 Å². The summed E-state index contributed by atoms with van der Waals surface area (Å²) in [4.78, 5) is 12.7. The molecule has 0 atom stereocenters. The molecule has 0 heterocycles. The number of halogens is 1. The molecule has 1 amide bonds. The van der Waals surface area contributed by atoms with Crippen LogP contribution in [0.3, 0.4) is 0 Å². The van der Waals surface area contributed by atoms with E-state index in [1.54, 1.807) is 23.9 Å². The van der Waals surface area contributed by atoms with Crippen molar-refractivity contribution in [2.45, 2.75) is 24.5 Å². The van der Waals surface area contributed by atoms with Gasteiger partial charge in [0.1, 0.15) is 18.1 Å². The predicted octanol–water partition coefficient (Wildman–Crippen LogP) is 4.78. The molecule has 9 heteroatoms. The summed E-state index contributed by atoms with van der Waals surface area (Å²) >= 11 is 1.68. The molecule has 0 aromatic heterocycles. The molecule has 1 N–H and O–H groups in total. The van der Waals surface area contributed by atoms with E-state index in [0.29, 0.717) is 24.7 Å². The number of nitrogens with zero attached hydrogens (tertiary/aromatic N) is 1. The zero-order chi connectivity index (χ0) is 25.3. The largest absolute Gasteiger partial charge is 0.494 e. The molecule has 6 nitrogen and oxygen atoms in total. The van der Waals surface area contributed by atoms with Crippen molar-refractivity contribution in [3.05, 3.63) is 89.7 Å². The van der Waals surface area contributed by atoms with E-state index < -0.39 is 28.3 Å². The van der Waals surface area contributed by atoms with Crippen LogP contribution in [-0.2, 0) is 20.6 Å². The second kappa shape index (κ2) is 12.6. The Kier molecular flexibility index (Phi) is 9.56. The zero-order valence-corrected chi connectivity index (χ0v) is 21.4. The first kappa shape index (κ1) is 26.6. The number of aryl methyl sites for hydroxylation is 1. The first-order chi connectivity index (χ1) is 16.8. The van der Waals surface area contributed by atoms with Crippen LogP contribution in [0.1, 0.15) is 18.1 Å². The molecule has 0 saturated heterocycles. The van der Waals surface area contributed by atoms with E-state index >= 15 is 0 Å². The second-order valence-corrected chi connectivity index (χ2v) is 10.7. The summed E-state index contributed by atoms with van der Waals surface area (Å²) < 4.78 is 46.6. The van der Waals surface area contributed by atoms with E-state index in [9.17, 15) is 17.6 Å². The highest BCUT2D eigenvalue weighted by atomic mass is 32.2. The lowest BCUT2D eigenvalue weighted by Gasteiger charge is -2.24. The Morgan fingerprint density at radius 3 is 2.29 bits per heavy atom. The molecule has 0 fully saturated rings. The third kappa shape index (κ3) is 7.73. The van der Waals surface area contributed by atoms with Gasteiger partial charge in [-0.3, -0.25) is 9.10 Å². The lowest BCUT2D eigenvalue weighted by Crippen LogP contribution is -2.41. The smallest absolute Gasteiger partial charge is 0.264 e. The first-order valence-electron chi connectivity index (χ1n) is 11.2. The van der Waals surface area contributed by atoms with Gasteiger partial charge in [-0.2, -0.15) is 11.8 Å². The quantitative estimate of drug-likeness (QED) is 0.351. The van der Waals surface area contributed by atoms with Crippen LogP contribution in [0.4, 0.5) is 10.1 Å². The number of amides is 1. The fourth-order valence-electron chi connectivity index (χ4n) is 3.25. The summed E-state index contributed by atoms with van der Waals surface area (Å²) in [6, 6.07) is 19.3. The number of ether oxygens (including phenoxy) is 1. The molecule has 0 bridgehead atoms. The molecule has 0 radical (unpaired) electrons. The minimum absolute atomic E-state index is 0.00623. The number of rotatable bonds is 12. The average molecular weight is 517 g/mol. The van der Waals surface area contributed by atoms with Crippen molar-refractivity contribution in [2.24, 2.45) is 0 Å². The van der Waals surface area contributed by atoms with Crippen molar-refractivity contribution in [1.82, 2.24) is 5.32 Å². The molecule has 0 aliphatic carbocycles. The number of hydrogen-bond donors (Lipinski definition) is 1. The molecular weight excluding hydrogens is 487 g/mol. The summed E-state index contributed by atoms with van der Waals surface area (Å²) in [5, 5.41) is 2.78. The second-order valence-electron chi connectivity index (χ2n) is 7.78. The third-order valence-corrected chi connectivity index (χ3v) is 7.90. The van der Waals surface area contributed by atoms with E-state index in [4.69, 9.17) is 4.74 Å². The van der Waals surface area contributed by atoms with Crippen molar-refractivity contribution in [3.8, 4) is 5.75 Å². The normalized spacial score (nSPS) is 11.2. The summed E-state index contributed by atoms with van der Waals surface area (Å²) in [5.74, 6) is 1.11. The highest BCUT2D eigenvalue weighted by Crippen LogP contribution is 2.25. The van der Waals surface area contributed by atoms with Crippen LogP contribution < -0.4 is 14.4 Å². The molecular formula is C26H29FN2O4S2. The summed E-state index contributed by atoms with van der Waals surface area (Å²) in [6.45, 7) is 4.30. The summed E-state index contributed by atoms with van der Waals surface area (Å²) in [6.07, 6.45) is 0. The van der Waals surface area contributed by atoms with Crippen molar-refractivity contribution in [1.29, 1.82) is 0 Å². The van der Waals surface area contributed by atoms with Gasteiger partial charge in [-0.25, -0.2) is 12.8 Å². The zero-order valence-electron chi connectivity index (χ0n) is 19.7. The lowest BCUT2D eigenvalue weighted by atomic mass is 10.2. The molecule has 0 aliphatic heterocycles. The van der Waals surface area contributed by atoms with Crippen molar-refractivity contribution in [2.75, 3.05) is 29.8 Å². The Balaban J connectivity index is 1.64. The van der Waals surface area contributed by atoms with Gasteiger partial charge in [0.25, 0.3) is 10.0 Å². The van der Waals surface area contributed by atoms with Gasteiger partial charge < -0.3 is 10.1 Å². The maximum absolute atomic E-state index is 13.5. The van der Waals surface area contributed by atoms with Crippen molar-refractivity contribution in [3.63, 3.8) is 0 Å². The van der Waals surface area contributed by atoms with Crippen LogP contribution in [0.2, 0.25) is 0 Å². The van der Waals surface area contributed by atoms with Gasteiger partial charge in [0.15, 0.2) is 0 Å². The minimum atomic E-state index is -4.08. The molecule has 3 aromatic carbocycles. The Morgan fingerprint density at radius 2 is 1.66 bits per heavy atom. The van der Waals surface area contributed by atoms with Gasteiger partial charge in [0, 0.05) is 18.1 Å². The number of sulfonamides is 1. The van der Waals surface area contributed by atoms with Crippen LogP contribution in [0, 0.1) is 12.7 Å². The molecule has 0 spiro atoms. The number of nitrogens with one attached hydrogen (secondary N) is 1. The van der Waals surface area contributed by atoms with E-state index in [-0.39, 0.29) is 10.6 Å². The van der Waals surface area contributed by atoms with Crippen LogP contribution in [0.5, 0.6) is 5.75 Å². The lowest BCUT2D eigenvalue weighted by molar-refractivity contribution is -0.119. The monoisotopic (exact) mass is 516 g/mol. The Morgan fingerprint density at radius 1 is 1.00 bits per heavy atom. The van der Waals surface area contributed by atoms with E-state index in [1.807, 2.05) is 13.8 Å². The van der Waals surface area contributed by atoms with Crippen molar-refractivity contribution >= 4 is 33.4 Å². The highest BCUT2D eigenvalue weighted by Gasteiger charge is 2.27. The fraction of sp³-hybridized carbons (Fsp3) is 0.269. The fourth-order valence-corrected chi connectivity index (χ4v) is 5.49. The molecule has 0 aliphatic rings. The van der Waals surface area contributed by atoms with Crippen LogP contribution in [0.15, 0.2) is 77.7 Å².